The van der Waals surface area contributed by atoms with Crippen LogP contribution in [-0.4, -0.2) is 29.2 Å². The van der Waals surface area contributed by atoms with Crippen molar-refractivity contribution in [2.75, 3.05) is 23.3 Å². The van der Waals surface area contributed by atoms with Crippen molar-refractivity contribution in [3.63, 3.8) is 0 Å². The molecule has 0 spiro atoms. The highest BCUT2D eigenvalue weighted by Crippen LogP contribution is 2.25. The van der Waals surface area contributed by atoms with E-state index >= 15 is 0 Å². The topological polar surface area (TPSA) is 71.3 Å². The first kappa shape index (κ1) is 18.1. The van der Waals surface area contributed by atoms with Crippen LogP contribution in [0.2, 0.25) is 0 Å². The molecule has 1 unspecified atom stereocenters. The summed E-state index contributed by atoms with van der Waals surface area (Å²) in [7, 11) is 0. The molecule has 0 bridgehead atoms. The number of aromatic nitrogens is 2. The Hall–Kier alpha value is -3.29. The van der Waals surface area contributed by atoms with Crippen molar-refractivity contribution < 1.29 is 18.0 Å². The predicted octanol–water partition coefficient (Wildman–Crippen LogP) is 3.87. The van der Waals surface area contributed by atoms with E-state index in [2.05, 4.69) is 15.5 Å². The van der Waals surface area contributed by atoms with Crippen molar-refractivity contribution in [1.82, 2.24) is 10.2 Å². The second-order valence-corrected chi connectivity index (χ2v) is 6.65. The molecule has 1 aliphatic rings. The zero-order valence-electron chi connectivity index (χ0n) is 14.9. The molecule has 1 aliphatic heterocycles. The Balaban J connectivity index is 1.44. The van der Waals surface area contributed by atoms with Gasteiger partial charge in [0.1, 0.15) is 17.3 Å². The van der Waals surface area contributed by atoms with Gasteiger partial charge in [-0.2, -0.15) is 0 Å². The summed E-state index contributed by atoms with van der Waals surface area (Å²) in [6.07, 6.45) is 3.02. The summed E-state index contributed by atoms with van der Waals surface area (Å²) in [5.74, 6) is -0.676. The number of carbonyl (C=O) groups is 1. The van der Waals surface area contributed by atoms with Crippen LogP contribution in [0.25, 0.3) is 11.5 Å². The number of nitrogens with one attached hydrogen (secondary N) is 1. The van der Waals surface area contributed by atoms with E-state index in [0.717, 1.165) is 31.2 Å². The maximum atomic E-state index is 13.8. The Morgan fingerprint density at radius 3 is 2.82 bits per heavy atom. The number of amides is 1. The third-order valence-corrected chi connectivity index (χ3v) is 4.73. The summed E-state index contributed by atoms with van der Waals surface area (Å²) in [6, 6.07) is 10.2. The quantitative estimate of drug-likeness (QED) is 0.739. The monoisotopic (exact) mass is 384 g/mol. The summed E-state index contributed by atoms with van der Waals surface area (Å²) in [4.78, 5) is 14.5. The molecule has 6 nitrogen and oxygen atoms in total. The van der Waals surface area contributed by atoms with Crippen molar-refractivity contribution in [2.45, 2.75) is 12.8 Å². The Labute approximate surface area is 160 Å². The number of rotatable bonds is 4. The highest BCUT2D eigenvalue weighted by Gasteiger charge is 2.27. The van der Waals surface area contributed by atoms with Gasteiger partial charge in [0.15, 0.2) is 11.6 Å². The first-order chi connectivity index (χ1) is 13.6. The molecule has 0 aliphatic carbocycles. The van der Waals surface area contributed by atoms with Crippen LogP contribution in [0, 0.1) is 17.6 Å². The number of carbonyl (C=O) groups excluding carboxylic acids is 1. The van der Waals surface area contributed by atoms with Crippen LogP contribution in [0.15, 0.2) is 53.1 Å². The molecule has 3 aromatic rings. The highest BCUT2D eigenvalue weighted by molar-refractivity contribution is 5.93. The van der Waals surface area contributed by atoms with Crippen LogP contribution in [0.5, 0.6) is 0 Å². The number of hydrogen-bond acceptors (Lipinski definition) is 5. The zero-order chi connectivity index (χ0) is 19.5. The SMILES string of the molecule is O=C(Nc1cc(F)ccc1F)C1CCCN(c2ccc(-c3ccco3)nn2)C1. The van der Waals surface area contributed by atoms with Crippen molar-refractivity contribution in [2.24, 2.45) is 5.92 Å². The molecule has 1 saturated heterocycles. The second kappa shape index (κ2) is 7.75. The largest absolute Gasteiger partial charge is 0.463 e. The van der Waals surface area contributed by atoms with E-state index in [-0.39, 0.29) is 17.5 Å². The molecule has 1 aromatic carbocycles. The number of halogens is 2. The lowest BCUT2D eigenvalue weighted by molar-refractivity contribution is -0.120. The zero-order valence-corrected chi connectivity index (χ0v) is 14.9. The summed E-state index contributed by atoms with van der Waals surface area (Å²) in [6.45, 7) is 1.17. The molecule has 1 atom stereocenters. The molecule has 144 valence electrons. The van der Waals surface area contributed by atoms with E-state index in [1.54, 1.807) is 18.4 Å². The normalized spacial score (nSPS) is 16.8. The minimum atomic E-state index is -0.665. The van der Waals surface area contributed by atoms with Gasteiger partial charge in [-0.3, -0.25) is 4.79 Å². The average molecular weight is 384 g/mol. The minimum Gasteiger partial charge on any atom is -0.463 e. The lowest BCUT2D eigenvalue weighted by Gasteiger charge is -2.32. The predicted molar refractivity (Wildman–Crippen MR) is 99.7 cm³/mol. The van der Waals surface area contributed by atoms with E-state index < -0.39 is 11.6 Å². The van der Waals surface area contributed by atoms with Crippen LogP contribution >= 0.6 is 0 Å². The fourth-order valence-corrected chi connectivity index (χ4v) is 3.28. The minimum absolute atomic E-state index is 0.148. The summed E-state index contributed by atoms with van der Waals surface area (Å²) in [5, 5.41) is 10.9. The van der Waals surface area contributed by atoms with Gasteiger partial charge < -0.3 is 14.6 Å². The van der Waals surface area contributed by atoms with E-state index in [4.69, 9.17) is 4.42 Å². The van der Waals surface area contributed by atoms with E-state index in [0.29, 0.717) is 30.2 Å². The van der Waals surface area contributed by atoms with Gasteiger partial charge in [0.25, 0.3) is 0 Å². The molecular formula is C20H18F2N4O2. The number of furan rings is 1. The number of benzene rings is 1. The maximum Gasteiger partial charge on any atom is 0.229 e. The van der Waals surface area contributed by atoms with Gasteiger partial charge in [0, 0.05) is 19.2 Å². The van der Waals surface area contributed by atoms with Gasteiger partial charge in [-0.15, -0.1) is 10.2 Å². The highest BCUT2D eigenvalue weighted by atomic mass is 19.1. The molecule has 0 saturated carbocycles. The van der Waals surface area contributed by atoms with Crippen LogP contribution in [0.3, 0.4) is 0 Å². The van der Waals surface area contributed by atoms with Gasteiger partial charge in [0.2, 0.25) is 5.91 Å². The van der Waals surface area contributed by atoms with Crippen molar-refractivity contribution in [3.05, 3.63) is 60.4 Å². The van der Waals surface area contributed by atoms with Gasteiger partial charge in [0.05, 0.1) is 17.9 Å². The third-order valence-electron chi connectivity index (χ3n) is 4.73. The fourth-order valence-electron chi connectivity index (χ4n) is 3.28. The average Bonchev–Trinajstić information content (AvgIpc) is 3.26. The van der Waals surface area contributed by atoms with E-state index in [1.165, 1.54) is 0 Å². The van der Waals surface area contributed by atoms with E-state index in [1.807, 2.05) is 17.0 Å². The smallest absolute Gasteiger partial charge is 0.229 e. The summed E-state index contributed by atoms with van der Waals surface area (Å²) >= 11 is 0. The first-order valence-corrected chi connectivity index (χ1v) is 8.98. The Bertz CT molecular complexity index is 961. The third kappa shape index (κ3) is 3.85. The van der Waals surface area contributed by atoms with Gasteiger partial charge in [-0.05, 0) is 49.2 Å². The summed E-state index contributed by atoms with van der Waals surface area (Å²) in [5.41, 5.74) is 0.478. The van der Waals surface area contributed by atoms with Crippen molar-refractivity contribution in [1.29, 1.82) is 0 Å². The number of nitrogens with zero attached hydrogens (tertiary/aromatic N) is 3. The molecule has 1 amide bonds. The maximum absolute atomic E-state index is 13.8. The van der Waals surface area contributed by atoms with Crippen LogP contribution in [0.4, 0.5) is 20.3 Å². The molecule has 2 aromatic heterocycles. The molecular weight excluding hydrogens is 366 g/mol. The Morgan fingerprint density at radius 1 is 1.18 bits per heavy atom. The lowest BCUT2D eigenvalue weighted by atomic mass is 9.97. The Morgan fingerprint density at radius 2 is 2.07 bits per heavy atom. The molecule has 1 fully saturated rings. The van der Waals surface area contributed by atoms with Crippen molar-refractivity contribution >= 4 is 17.4 Å². The molecule has 1 N–H and O–H groups in total. The van der Waals surface area contributed by atoms with Gasteiger partial charge >= 0.3 is 0 Å². The molecule has 4 rings (SSSR count). The van der Waals surface area contributed by atoms with Gasteiger partial charge in [-0.1, -0.05) is 0 Å². The molecule has 8 heteroatoms. The van der Waals surface area contributed by atoms with Crippen LogP contribution in [0.1, 0.15) is 12.8 Å². The van der Waals surface area contributed by atoms with Crippen LogP contribution < -0.4 is 10.2 Å². The Kier molecular flexibility index (Phi) is 5.01. The molecule has 0 radical (unpaired) electrons. The summed E-state index contributed by atoms with van der Waals surface area (Å²) < 4.78 is 32.4. The fraction of sp³-hybridized carbons (Fsp3) is 0.250. The lowest BCUT2D eigenvalue weighted by Crippen LogP contribution is -2.41. The molecule has 28 heavy (non-hydrogen) atoms. The second-order valence-electron chi connectivity index (χ2n) is 6.65. The van der Waals surface area contributed by atoms with Crippen LogP contribution in [-0.2, 0) is 4.79 Å². The van der Waals surface area contributed by atoms with E-state index in [9.17, 15) is 13.6 Å². The first-order valence-electron chi connectivity index (χ1n) is 8.98. The standard InChI is InChI=1S/C20H18F2N4O2/c21-14-5-6-15(22)17(11-14)23-20(27)13-3-1-9-26(12-13)19-8-7-16(24-25-19)18-4-2-10-28-18/h2,4-8,10-11,13H,1,3,9,12H2,(H,23,27). The number of anilines is 2. The molecule has 3 heterocycles. The number of hydrogen-bond donors (Lipinski definition) is 1. The van der Waals surface area contributed by atoms with Crippen molar-refractivity contribution in [3.8, 4) is 11.5 Å². The van der Waals surface area contributed by atoms with Gasteiger partial charge in [-0.25, -0.2) is 8.78 Å². The number of piperidine rings is 1.